The third-order valence-electron chi connectivity index (χ3n) is 4.18. The first-order chi connectivity index (χ1) is 13.5. The molecule has 0 saturated heterocycles. The molecule has 0 aliphatic rings. The van der Waals surface area contributed by atoms with Crippen LogP contribution in [0.4, 0.5) is 0 Å². The zero-order chi connectivity index (χ0) is 20.1. The number of carbonyl (C=O) groups excluding carboxylic acids is 2. The fourth-order valence-electron chi connectivity index (χ4n) is 2.43. The third-order valence-corrected chi connectivity index (χ3v) is 5.70. The van der Waals surface area contributed by atoms with Gasteiger partial charge in [-0.05, 0) is 31.2 Å². The second-order valence-corrected chi connectivity index (χ2v) is 7.55. The minimum Gasteiger partial charge on any atom is -0.480 e. The monoisotopic (exact) mass is 418 g/mol. The molecule has 0 saturated carbocycles. The number of carbonyl (C=O) groups is 2. The van der Waals surface area contributed by atoms with Crippen molar-refractivity contribution in [2.24, 2.45) is 0 Å². The Bertz CT molecular complexity index is 958. The SMILES string of the molecule is C[C@@H](c1nc2ccccc2s1)N(C)C(=O)COC(=O)COc1ccccc1Cl. The number of para-hydroxylation sites is 2. The van der Waals surface area contributed by atoms with E-state index in [1.165, 1.54) is 16.2 Å². The van der Waals surface area contributed by atoms with Gasteiger partial charge < -0.3 is 14.4 Å². The molecule has 6 nitrogen and oxygen atoms in total. The van der Waals surface area contributed by atoms with Crippen molar-refractivity contribution in [1.29, 1.82) is 0 Å². The van der Waals surface area contributed by atoms with Crippen molar-refractivity contribution in [3.63, 3.8) is 0 Å². The zero-order valence-corrected chi connectivity index (χ0v) is 17.0. The molecule has 0 bridgehead atoms. The topological polar surface area (TPSA) is 68.7 Å². The maximum absolute atomic E-state index is 12.4. The molecule has 0 N–H and O–H groups in total. The largest absolute Gasteiger partial charge is 0.480 e. The molecular weight excluding hydrogens is 400 g/mol. The number of aromatic nitrogens is 1. The van der Waals surface area contributed by atoms with Crippen LogP contribution in [0.1, 0.15) is 18.0 Å². The average molecular weight is 419 g/mol. The van der Waals surface area contributed by atoms with Gasteiger partial charge in [-0.2, -0.15) is 0 Å². The van der Waals surface area contributed by atoms with Crippen LogP contribution < -0.4 is 4.74 Å². The standard InChI is InChI=1S/C20H19ClN2O4S/c1-13(20-22-15-8-4-6-10-17(15)28-20)23(2)18(24)11-27-19(25)12-26-16-9-5-3-7-14(16)21/h3-10,13H,11-12H2,1-2H3/t13-/m0/s1. The van der Waals surface area contributed by atoms with Gasteiger partial charge in [0.2, 0.25) is 0 Å². The highest BCUT2D eigenvalue weighted by Crippen LogP contribution is 2.28. The number of ether oxygens (including phenoxy) is 2. The Morgan fingerprint density at radius 1 is 1.14 bits per heavy atom. The molecule has 2 aromatic carbocycles. The summed E-state index contributed by atoms with van der Waals surface area (Å²) in [5.41, 5.74) is 0.901. The quantitative estimate of drug-likeness (QED) is 0.540. The summed E-state index contributed by atoms with van der Waals surface area (Å²) in [5, 5.41) is 1.22. The van der Waals surface area contributed by atoms with Crippen LogP contribution in [0.3, 0.4) is 0 Å². The summed E-state index contributed by atoms with van der Waals surface area (Å²) < 4.78 is 11.4. The van der Waals surface area contributed by atoms with Crippen LogP contribution >= 0.6 is 22.9 Å². The van der Waals surface area contributed by atoms with Gasteiger partial charge in [0.25, 0.3) is 5.91 Å². The minimum absolute atomic E-state index is 0.233. The minimum atomic E-state index is -0.644. The van der Waals surface area contributed by atoms with Gasteiger partial charge in [0.05, 0.1) is 21.3 Å². The van der Waals surface area contributed by atoms with E-state index in [4.69, 9.17) is 21.1 Å². The van der Waals surface area contributed by atoms with Crippen molar-refractivity contribution in [3.8, 4) is 5.75 Å². The summed E-state index contributed by atoms with van der Waals surface area (Å²) in [5.74, 6) is -0.582. The van der Waals surface area contributed by atoms with Crippen LogP contribution in [0.2, 0.25) is 5.02 Å². The Hall–Kier alpha value is -2.64. The van der Waals surface area contributed by atoms with E-state index in [1.807, 2.05) is 31.2 Å². The fourth-order valence-corrected chi connectivity index (χ4v) is 3.69. The Labute approximate surface area is 171 Å². The van der Waals surface area contributed by atoms with Crippen molar-refractivity contribution in [2.45, 2.75) is 13.0 Å². The number of thiazole rings is 1. The molecule has 28 heavy (non-hydrogen) atoms. The molecular formula is C20H19ClN2O4S. The predicted octanol–water partition coefficient (Wildman–Crippen LogP) is 4.09. The summed E-state index contributed by atoms with van der Waals surface area (Å²) in [6.07, 6.45) is 0. The van der Waals surface area contributed by atoms with Crippen LogP contribution in [-0.4, -0.2) is 42.0 Å². The van der Waals surface area contributed by atoms with Crippen molar-refractivity contribution in [3.05, 3.63) is 58.6 Å². The van der Waals surface area contributed by atoms with Crippen LogP contribution in [0, 0.1) is 0 Å². The molecule has 0 fully saturated rings. The molecule has 146 valence electrons. The Balaban J connectivity index is 1.50. The molecule has 3 rings (SSSR count). The van der Waals surface area contributed by atoms with Crippen LogP contribution in [-0.2, 0) is 14.3 Å². The summed E-state index contributed by atoms with van der Waals surface area (Å²) in [4.78, 5) is 30.3. The molecule has 0 radical (unpaired) electrons. The van der Waals surface area contributed by atoms with Gasteiger partial charge in [-0.25, -0.2) is 9.78 Å². The number of nitrogens with zero attached hydrogens (tertiary/aromatic N) is 2. The molecule has 1 atom stereocenters. The number of fused-ring (bicyclic) bond motifs is 1. The van der Waals surface area contributed by atoms with E-state index >= 15 is 0 Å². The number of amides is 1. The summed E-state index contributed by atoms with van der Waals surface area (Å²) in [6, 6.07) is 14.4. The molecule has 3 aromatic rings. The van der Waals surface area contributed by atoms with Crippen molar-refractivity contribution in [1.82, 2.24) is 9.88 Å². The lowest BCUT2D eigenvalue weighted by molar-refractivity contribution is -0.153. The molecule has 0 aliphatic carbocycles. The molecule has 1 amide bonds. The maximum Gasteiger partial charge on any atom is 0.344 e. The van der Waals surface area contributed by atoms with Gasteiger partial charge >= 0.3 is 5.97 Å². The van der Waals surface area contributed by atoms with Gasteiger partial charge in [0.1, 0.15) is 10.8 Å². The molecule has 0 unspecified atom stereocenters. The average Bonchev–Trinajstić information content (AvgIpc) is 3.14. The zero-order valence-electron chi connectivity index (χ0n) is 15.4. The fraction of sp³-hybridized carbons (Fsp3) is 0.250. The number of rotatable bonds is 7. The smallest absolute Gasteiger partial charge is 0.344 e. The number of likely N-dealkylation sites (N-methyl/N-ethyl adjacent to an activating group) is 1. The van der Waals surface area contributed by atoms with Crippen LogP contribution in [0.25, 0.3) is 10.2 Å². The lowest BCUT2D eigenvalue weighted by atomic mass is 10.3. The van der Waals surface area contributed by atoms with E-state index < -0.39 is 5.97 Å². The van der Waals surface area contributed by atoms with Crippen LogP contribution in [0.15, 0.2) is 48.5 Å². The van der Waals surface area contributed by atoms with Crippen molar-refractivity contribution < 1.29 is 19.1 Å². The highest BCUT2D eigenvalue weighted by atomic mass is 35.5. The molecule has 1 heterocycles. The summed E-state index contributed by atoms with van der Waals surface area (Å²) in [6.45, 7) is 1.20. The first kappa shape index (κ1) is 20.1. The van der Waals surface area contributed by atoms with E-state index in [-0.39, 0.29) is 25.2 Å². The van der Waals surface area contributed by atoms with Gasteiger partial charge in [-0.1, -0.05) is 35.9 Å². The van der Waals surface area contributed by atoms with Gasteiger partial charge in [-0.15, -0.1) is 11.3 Å². The number of esters is 1. The summed E-state index contributed by atoms with van der Waals surface area (Å²) >= 11 is 7.49. The number of hydrogen-bond acceptors (Lipinski definition) is 6. The van der Waals surface area contributed by atoms with E-state index in [9.17, 15) is 9.59 Å². The lowest BCUT2D eigenvalue weighted by Gasteiger charge is -2.23. The Morgan fingerprint density at radius 2 is 1.86 bits per heavy atom. The number of hydrogen-bond donors (Lipinski definition) is 0. The Kier molecular flexibility index (Phi) is 6.49. The second kappa shape index (κ2) is 9.03. The molecule has 0 aliphatic heterocycles. The normalized spacial score (nSPS) is 11.8. The van der Waals surface area contributed by atoms with Crippen molar-refractivity contribution in [2.75, 3.05) is 20.3 Å². The highest BCUT2D eigenvalue weighted by molar-refractivity contribution is 7.18. The predicted molar refractivity (Wildman–Crippen MR) is 109 cm³/mol. The lowest BCUT2D eigenvalue weighted by Crippen LogP contribution is -2.34. The van der Waals surface area contributed by atoms with Gasteiger partial charge in [-0.3, -0.25) is 4.79 Å². The van der Waals surface area contributed by atoms with Crippen molar-refractivity contribution >= 4 is 45.0 Å². The summed E-state index contributed by atoms with van der Waals surface area (Å²) in [7, 11) is 1.66. The number of benzene rings is 2. The van der Waals surface area contributed by atoms with E-state index in [0.717, 1.165) is 15.2 Å². The highest BCUT2D eigenvalue weighted by Gasteiger charge is 2.22. The number of halogens is 1. The Morgan fingerprint density at radius 3 is 2.61 bits per heavy atom. The molecule has 1 aromatic heterocycles. The van der Waals surface area contributed by atoms with Gasteiger partial charge in [0, 0.05) is 7.05 Å². The second-order valence-electron chi connectivity index (χ2n) is 6.08. The van der Waals surface area contributed by atoms with E-state index in [2.05, 4.69) is 4.98 Å². The molecule has 0 spiro atoms. The maximum atomic E-state index is 12.4. The van der Waals surface area contributed by atoms with Gasteiger partial charge in [0.15, 0.2) is 13.2 Å². The van der Waals surface area contributed by atoms with Crippen LogP contribution in [0.5, 0.6) is 5.75 Å². The first-order valence-electron chi connectivity index (χ1n) is 8.60. The van der Waals surface area contributed by atoms with E-state index in [1.54, 1.807) is 31.3 Å². The third kappa shape index (κ3) is 4.79. The first-order valence-corrected chi connectivity index (χ1v) is 9.79. The van der Waals surface area contributed by atoms with E-state index in [0.29, 0.717) is 10.8 Å². The molecule has 8 heteroatoms.